The lowest BCUT2D eigenvalue weighted by molar-refractivity contribution is -0.142. The van der Waals surface area contributed by atoms with Gasteiger partial charge in [-0.05, 0) is 30.5 Å². The van der Waals surface area contributed by atoms with E-state index < -0.39 is 11.9 Å². The Morgan fingerprint density at radius 3 is 2.65 bits per heavy atom. The van der Waals surface area contributed by atoms with Crippen molar-refractivity contribution < 1.29 is 9.90 Å². The van der Waals surface area contributed by atoms with E-state index in [0.29, 0.717) is 11.6 Å². The van der Waals surface area contributed by atoms with Crippen molar-refractivity contribution in [3.63, 3.8) is 0 Å². The molecule has 4 heteroatoms. The third kappa shape index (κ3) is 3.93. The number of aliphatic carboxylic acids is 1. The molecule has 0 spiro atoms. The first-order valence-electron chi connectivity index (χ1n) is 5.64. The van der Waals surface area contributed by atoms with Gasteiger partial charge < -0.3 is 10.4 Å². The van der Waals surface area contributed by atoms with Crippen LogP contribution in [-0.4, -0.2) is 17.6 Å². The number of hydrogen-bond donors (Lipinski definition) is 2. The predicted molar refractivity (Wildman–Crippen MR) is 70.6 cm³/mol. The molecular weight excluding hydrogens is 238 g/mol. The van der Waals surface area contributed by atoms with Crippen LogP contribution in [0.2, 0.25) is 5.02 Å². The van der Waals surface area contributed by atoms with Crippen molar-refractivity contribution in [3.05, 3.63) is 28.8 Å². The summed E-state index contributed by atoms with van der Waals surface area (Å²) in [5, 5.41) is 12.9. The van der Waals surface area contributed by atoms with Crippen LogP contribution < -0.4 is 5.32 Å². The number of benzene rings is 1. The fourth-order valence-electron chi connectivity index (χ4n) is 1.61. The average molecular weight is 256 g/mol. The van der Waals surface area contributed by atoms with Gasteiger partial charge in [0, 0.05) is 17.3 Å². The standard InChI is InChI=1S/C13H18ClNO2/c1-8(2)11(13(16)17)7-15-12-6-10(14)5-4-9(12)3/h4-6,8,11,15H,7H2,1-3H3,(H,16,17). The minimum absolute atomic E-state index is 0.0968. The van der Waals surface area contributed by atoms with Crippen LogP contribution in [-0.2, 0) is 4.79 Å². The number of rotatable bonds is 5. The molecule has 2 N–H and O–H groups in total. The number of nitrogens with one attached hydrogen (secondary N) is 1. The third-order valence-corrected chi connectivity index (χ3v) is 3.07. The summed E-state index contributed by atoms with van der Waals surface area (Å²) in [5.41, 5.74) is 1.95. The van der Waals surface area contributed by atoms with Crippen molar-refractivity contribution in [2.45, 2.75) is 20.8 Å². The number of anilines is 1. The van der Waals surface area contributed by atoms with E-state index in [1.165, 1.54) is 0 Å². The first-order valence-corrected chi connectivity index (χ1v) is 6.02. The fourth-order valence-corrected chi connectivity index (χ4v) is 1.78. The Kier molecular flexibility index (Phi) is 4.82. The molecule has 1 unspecified atom stereocenters. The molecule has 0 aliphatic heterocycles. The van der Waals surface area contributed by atoms with Gasteiger partial charge in [0.2, 0.25) is 0 Å². The lowest BCUT2D eigenvalue weighted by Gasteiger charge is -2.18. The van der Waals surface area contributed by atoms with E-state index in [-0.39, 0.29) is 5.92 Å². The van der Waals surface area contributed by atoms with Gasteiger partial charge in [-0.25, -0.2) is 0 Å². The first kappa shape index (κ1) is 13.8. The van der Waals surface area contributed by atoms with Crippen LogP contribution in [0.5, 0.6) is 0 Å². The van der Waals surface area contributed by atoms with Crippen molar-refractivity contribution in [2.24, 2.45) is 11.8 Å². The molecule has 1 rings (SSSR count). The molecule has 0 aliphatic rings. The van der Waals surface area contributed by atoms with Gasteiger partial charge in [-0.15, -0.1) is 0 Å². The highest BCUT2D eigenvalue weighted by atomic mass is 35.5. The van der Waals surface area contributed by atoms with E-state index in [1.807, 2.05) is 39.0 Å². The van der Waals surface area contributed by atoms with E-state index in [4.69, 9.17) is 16.7 Å². The molecular formula is C13H18ClNO2. The van der Waals surface area contributed by atoms with Crippen molar-refractivity contribution in [1.82, 2.24) is 0 Å². The summed E-state index contributed by atoms with van der Waals surface area (Å²) in [4.78, 5) is 11.0. The topological polar surface area (TPSA) is 49.3 Å². The summed E-state index contributed by atoms with van der Waals surface area (Å²) < 4.78 is 0. The monoisotopic (exact) mass is 255 g/mol. The Bertz CT molecular complexity index is 404. The Morgan fingerprint density at radius 1 is 1.47 bits per heavy atom. The van der Waals surface area contributed by atoms with Crippen LogP contribution in [0.4, 0.5) is 5.69 Å². The zero-order chi connectivity index (χ0) is 13.0. The highest BCUT2D eigenvalue weighted by Gasteiger charge is 2.21. The van der Waals surface area contributed by atoms with E-state index in [0.717, 1.165) is 11.3 Å². The van der Waals surface area contributed by atoms with Crippen molar-refractivity contribution in [2.75, 3.05) is 11.9 Å². The normalized spacial score (nSPS) is 12.5. The highest BCUT2D eigenvalue weighted by Crippen LogP contribution is 2.21. The van der Waals surface area contributed by atoms with Gasteiger partial charge in [0.25, 0.3) is 0 Å². The summed E-state index contributed by atoms with van der Waals surface area (Å²) in [5.74, 6) is -1.07. The Labute approximate surface area is 107 Å². The molecule has 0 fully saturated rings. The molecule has 1 aromatic carbocycles. The Hall–Kier alpha value is -1.22. The van der Waals surface area contributed by atoms with E-state index in [9.17, 15) is 4.79 Å². The summed E-state index contributed by atoms with van der Waals surface area (Å²) in [6, 6.07) is 5.55. The van der Waals surface area contributed by atoms with E-state index >= 15 is 0 Å². The zero-order valence-corrected chi connectivity index (χ0v) is 11.1. The maximum Gasteiger partial charge on any atom is 0.308 e. The van der Waals surface area contributed by atoms with Crippen LogP contribution in [0.25, 0.3) is 0 Å². The van der Waals surface area contributed by atoms with Gasteiger partial charge in [0.15, 0.2) is 0 Å². The van der Waals surface area contributed by atoms with Crippen LogP contribution >= 0.6 is 11.6 Å². The van der Waals surface area contributed by atoms with E-state index in [1.54, 1.807) is 0 Å². The second-order valence-electron chi connectivity index (χ2n) is 4.53. The molecule has 0 radical (unpaired) electrons. The minimum Gasteiger partial charge on any atom is -0.481 e. The molecule has 0 amide bonds. The smallest absolute Gasteiger partial charge is 0.308 e. The SMILES string of the molecule is Cc1ccc(Cl)cc1NCC(C(=O)O)C(C)C. The molecule has 0 bridgehead atoms. The second kappa shape index (κ2) is 5.92. The van der Waals surface area contributed by atoms with Gasteiger partial charge >= 0.3 is 5.97 Å². The molecule has 1 atom stereocenters. The largest absolute Gasteiger partial charge is 0.481 e. The molecule has 1 aromatic rings. The summed E-state index contributed by atoms with van der Waals surface area (Å²) >= 11 is 5.90. The van der Waals surface area contributed by atoms with Gasteiger partial charge in [0.1, 0.15) is 0 Å². The maximum atomic E-state index is 11.0. The van der Waals surface area contributed by atoms with Crippen LogP contribution in [0.1, 0.15) is 19.4 Å². The lowest BCUT2D eigenvalue weighted by atomic mass is 9.96. The predicted octanol–water partition coefficient (Wildman–Crippen LogP) is 3.42. The van der Waals surface area contributed by atoms with Crippen LogP contribution in [0.3, 0.4) is 0 Å². The number of aryl methyl sites for hydroxylation is 1. The first-order chi connectivity index (χ1) is 7.91. The zero-order valence-electron chi connectivity index (χ0n) is 10.3. The second-order valence-corrected chi connectivity index (χ2v) is 4.97. The number of carboxylic acids is 1. The molecule has 0 aliphatic carbocycles. The summed E-state index contributed by atoms with van der Waals surface area (Å²) in [7, 11) is 0. The van der Waals surface area contributed by atoms with Gasteiger partial charge in [0.05, 0.1) is 5.92 Å². The number of carbonyl (C=O) groups is 1. The Balaban J connectivity index is 2.72. The Morgan fingerprint density at radius 2 is 2.12 bits per heavy atom. The third-order valence-electron chi connectivity index (χ3n) is 2.83. The van der Waals surface area contributed by atoms with Gasteiger partial charge in [-0.1, -0.05) is 31.5 Å². The van der Waals surface area contributed by atoms with E-state index in [2.05, 4.69) is 5.32 Å². The molecule has 0 heterocycles. The number of hydrogen-bond acceptors (Lipinski definition) is 2. The molecule has 94 valence electrons. The fraction of sp³-hybridized carbons (Fsp3) is 0.462. The molecule has 3 nitrogen and oxygen atoms in total. The van der Waals surface area contributed by atoms with Crippen LogP contribution in [0.15, 0.2) is 18.2 Å². The highest BCUT2D eigenvalue weighted by molar-refractivity contribution is 6.30. The number of carboxylic acid groups (broad SMARTS) is 1. The molecule has 0 aromatic heterocycles. The van der Waals surface area contributed by atoms with Crippen molar-refractivity contribution in [1.29, 1.82) is 0 Å². The molecule has 0 saturated heterocycles. The molecule has 17 heavy (non-hydrogen) atoms. The summed E-state index contributed by atoms with van der Waals surface area (Å²) in [6.07, 6.45) is 0. The quantitative estimate of drug-likeness (QED) is 0.848. The minimum atomic E-state index is -0.771. The van der Waals surface area contributed by atoms with Crippen LogP contribution in [0, 0.1) is 18.8 Å². The molecule has 0 saturated carbocycles. The maximum absolute atomic E-state index is 11.0. The van der Waals surface area contributed by atoms with Gasteiger partial charge in [-0.3, -0.25) is 4.79 Å². The van der Waals surface area contributed by atoms with Crippen molar-refractivity contribution in [3.8, 4) is 0 Å². The lowest BCUT2D eigenvalue weighted by Crippen LogP contribution is -2.27. The summed E-state index contributed by atoms with van der Waals surface area (Å²) in [6.45, 7) is 6.19. The number of halogens is 1. The van der Waals surface area contributed by atoms with Gasteiger partial charge in [-0.2, -0.15) is 0 Å². The van der Waals surface area contributed by atoms with Crippen molar-refractivity contribution >= 4 is 23.3 Å². The average Bonchev–Trinajstić information content (AvgIpc) is 2.22.